The summed E-state index contributed by atoms with van der Waals surface area (Å²) in [7, 11) is 1.66. The number of methoxy groups -OCH3 is 1. The second-order valence-electron chi connectivity index (χ2n) is 11.9. The zero-order chi connectivity index (χ0) is 32.0. The van der Waals surface area contributed by atoms with E-state index in [-0.39, 0.29) is 6.10 Å². The van der Waals surface area contributed by atoms with Gasteiger partial charge in [0.05, 0.1) is 33.0 Å². The fraction of sp³-hybridized carbons (Fsp3) is 0.459. The first-order chi connectivity index (χ1) is 21.9. The Labute approximate surface area is 272 Å². The summed E-state index contributed by atoms with van der Waals surface area (Å²) in [5, 5.41) is 12.4. The summed E-state index contributed by atoms with van der Waals surface area (Å²) in [5.41, 5.74) is 5.20. The summed E-state index contributed by atoms with van der Waals surface area (Å²) < 4.78 is 18.0. The minimum atomic E-state index is -1.03. The summed E-state index contributed by atoms with van der Waals surface area (Å²) in [4.78, 5) is 25.3. The third-order valence-electron chi connectivity index (χ3n) is 8.52. The van der Waals surface area contributed by atoms with Crippen molar-refractivity contribution in [2.24, 2.45) is 5.92 Å². The van der Waals surface area contributed by atoms with Crippen molar-refractivity contribution < 1.29 is 28.9 Å². The van der Waals surface area contributed by atoms with E-state index in [9.17, 15) is 14.7 Å². The average molecular weight is 634 g/mol. The van der Waals surface area contributed by atoms with Crippen LogP contribution in [-0.4, -0.2) is 54.9 Å². The number of nitrogens with one attached hydrogen (secondary N) is 1. The number of aryl methyl sites for hydroxylation is 1. The number of hydrogen-bond donors (Lipinski definition) is 2. The summed E-state index contributed by atoms with van der Waals surface area (Å²) in [5.74, 6) is 0.695. The van der Waals surface area contributed by atoms with Crippen molar-refractivity contribution in [1.82, 2.24) is 5.32 Å². The largest absolute Gasteiger partial charge is 0.497 e. The van der Waals surface area contributed by atoms with Crippen LogP contribution >= 0.6 is 11.8 Å². The second kappa shape index (κ2) is 18.0. The lowest BCUT2D eigenvalue weighted by Crippen LogP contribution is -2.41. The normalized spacial score (nSPS) is 14.9. The van der Waals surface area contributed by atoms with E-state index in [0.717, 1.165) is 40.0 Å². The zero-order valence-electron chi connectivity index (χ0n) is 26.8. The Morgan fingerprint density at radius 1 is 0.956 bits per heavy atom. The van der Waals surface area contributed by atoms with Gasteiger partial charge in [0.25, 0.3) is 5.91 Å². The molecule has 0 aromatic heterocycles. The molecule has 4 rings (SSSR count). The predicted octanol–water partition coefficient (Wildman–Crippen LogP) is 7.68. The molecule has 1 unspecified atom stereocenters. The fourth-order valence-electron chi connectivity index (χ4n) is 5.93. The van der Waals surface area contributed by atoms with Crippen molar-refractivity contribution in [3.63, 3.8) is 0 Å². The van der Waals surface area contributed by atoms with Crippen LogP contribution in [0.15, 0.2) is 66.7 Å². The van der Waals surface area contributed by atoms with E-state index in [1.54, 1.807) is 24.9 Å². The number of thioether (sulfide) groups is 1. The van der Waals surface area contributed by atoms with Crippen LogP contribution in [0.1, 0.15) is 72.0 Å². The SMILES string of the molecule is COc1ccc(COC(COCc2ccc(C(=O)N[C@@H](CCSC)C(=O)O)c(-c3ccccc3C)c2)CC2CCCCC2)cc1. The first kappa shape index (κ1) is 34.5. The molecule has 0 spiro atoms. The lowest BCUT2D eigenvalue weighted by Gasteiger charge is -2.27. The lowest BCUT2D eigenvalue weighted by molar-refractivity contribution is -0.139. The van der Waals surface area contributed by atoms with Crippen molar-refractivity contribution in [3.8, 4) is 16.9 Å². The van der Waals surface area contributed by atoms with Gasteiger partial charge < -0.3 is 24.6 Å². The van der Waals surface area contributed by atoms with Crippen LogP contribution in [0.5, 0.6) is 5.75 Å². The smallest absolute Gasteiger partial charge is 0.326 e. The molecule has 2 N–H and O–H groups in total. The maximum atomic E-state index is 13.4. The van der Waals surface area contributed by atoms with Gasteiger partial charge in [-0.3, -0.25) is 4.79 Å². The molecular formula is C37H47NO6S. The van der Waals surface area contributed by atoms with Gasteiger partial charge in [-0.1, -0.05) is 74.6 Å². The van der Waals surface area contributed by atoms with E-state index < -0.39 is 17.9 Å². The third-order valence-corrected chi connectivity index (χ3v) is 9.16. The highest BCUT2D eigenvalue weighted by atomic mass is 32.2. The molecule has 7 nitrogen and oxygen atoms in total. The summed E-state index contributed by atoms with van der Waals surface area (Å²) in [6.07, 6.45) is 9.59. The summed E-state index contributed by atoms with van der Waals surface area (Å²) in [6, 6.07) is 20.6. The van der Waals surface area contributed by atoms with Gasteiger partial charge in [-0.25, -0.2) is 4.79 Å². The number of carbonyl (C=O) groups excluding carboxylic acids is 1. The quantitative estimate of drug-likeness (QED) is 0.158. The predicted molar refractivity (Wildman–Crippen MR) is 181 cm³/mol. The number of carboxylic acid groups (broad SMARTS) is 1. The molecule has 1 aliphatic carbocycles. The Hall–Kier alpha value is -3.33. The van der Waals surface area contributed by atoms with Gasteiger partial charge in [-0.2, -0.15) is 11.8 Å². The van der Waals surface area contributed by atoms with Crippen molar-refractivity contribution in [2.45, 2.75) is 77.2 Å². The average Bonchev–Trinajstić information content (AvgIpc) is 3.06. The first-order valence-corrected chi connectivity index (χ1v) is 17.3. The Morgan fingerprint density at radius 2 is 1.69 bits per heavy atom. The molecule has 0 heterocycles. The van der Waals surface area contributed by atoms with Crippen LogP contribution in [0.2, 0.25) is 0 Å². The fourth-order valence-corrected chi connectivity index (χ4v) is 6.40. The molecule has 0 bridgehead atoms. The number of hydrogen-bond acceptors (Lipinski definition) is 6. The molecule has 0 aliphatic heterocycles. The molecule has 1 aliphatic rings. The number of amides is 1. The molecule has 3 aromatic carbocycles. The topological polar surface area (TPSA) is 94.1 Å². The van der Waals surface area contributed by atoms with Gasteiger partial charge >= 0.3 is 5.97 Å². The highest BCUT2D eigenvalue weighted by Gasteiger charge is 2.23. The van der Waals surface area contributed by atoms with Gasteiger partial charge in [-0.15, -0.1) is 0 Å². The van der Waals surface area contributed by atoms with Gasteiger partial charge in [0.15, 0.2) is 0 Å². The molecule has 3 aromatic rings. The van der Waals surface area contributed by atoms with E-state index in [2.05, 4.69) is 5.32 Å². The van der Waals surface area contributed by atoms with Crippen molar-refractivity contribution >= 4 is 23.6 Å². The van der Waals surface area contributed by atoms with Gasteiger partial charge in [0, 0.05) is 5.56 Å². The highest BCUT2D eigenvalue weighted by Crippen LogP contribution is 2.30. The molecule has 1 fully saturated rings. The number of ether oxygens (including phenoxy) is 3. The first-order valence-electron chi connectivity index (χ1n) is 15.9. The molecule has 1 saturated carbocycles. The molecular weight excluding hydrogens is 586 g/mol. The minimum Gasteiger partial charge on any atom is -0.497 e. The standard InChI is InChI=1S/C37H47NO6S/c1-26-9-7-8-12-32(26)34-22-29(15-18-33(34)36(39)38-35(37(40)41)19-20-45-3)23-43-25-31(21-27-10-5-4-6-11-27)44-24-28-13-16-30(42-2)17-14-28/h7-9,12-18,22,27,31,35H,4-6,10-11,19-21,23-25H2,1-3H3,(H,38,39)(H,40,41)/t31?,35-/m0/s1. The molecule has 0 radical (unpaired) electrons. The van der Waals surface area contributed by atoms with Crippen LogP contribution in [-0.2, 0) is 27.5 Å². The molecule has 45 heavy (non-hydrogen) atoms. The van der Waals surface area contributed by atoms with Crippen LogP contribution in [0.25, 0.3) is 11.1 Å². The van der Waals surface area contributed by atoms with E-state index in [1.165, 1.54) is 32.1 Å². The minimum absolute atomic E-state index is 0.0228. The molecule has 2 atom stereocenters. The van der Waals surface area contributed by atoms with Gasteiger partial charge in [0.1, 0.15) is 11.8 Å². The Bertz CT molecular complexity index is 1370. The summed E-state index contributed by atoms with van der Waals surface area (Å²) >= 11 is 1.55. The van der Waals surface area contributed by atoms with Crippen LogP contribution in [0, 0.1) is 12.8 Å². The maximum Gasteiger partial charge on any atom is 0.326 e. The number of carbonyl (C=O) groups is 2. The molecule has 0 saturated heterocycles. The monoisotopic (exact) mass is 633 g/mol. The lowest BCUT2D eigenvalue weighted by atomic mass is 9.85. The van der Waals surface area contributed by atoms with Crippen LogP contribution in [0.4, 0.5) is 0 Å². The van der Waals surface area contributed by atoms with Crippen LogP contribution < -0.4 is 10.1 Å². The van der Waals surface area contributed by atoms with E-state index >= 15 is 0 Å². The third kappa shape index (κ3) is 10.6. The molecule has 8 heteroatoms. The van der Waals surface area contributed by atoms with Gasteiger partial charge in [0.2, 0.25) is 0 Å². The van der Waals surface area contributed by atoms with E-state index in [0.29, 0.717) is 43.5 Å². The van der Waals surface area contributed by atoms with Crippen LogP contribution in [0.3, 0.4) is 0 Å². The van der Waals surface area contributed by atoms with Crippen molar-refractivity contribution in [2.75, 3.05) is 25.7 Å². The van der Waals surface area contributed by atoms with Gasteiger partial charge in [-0.05, 0) is 89.8 Å². The number of rotatable bonds is 17. The maximum absolute atomic E-state index is 13.4. The Morgan fingerprint density at radius 3 is 2.38 bits per heavy atom. The second-order valence-corrected chi connectivity index (χ2v) is 12.9. The Balaban J connectivity index is 1.47. The molecule has 242 valence electrons. The van der Waals surface area contributed by atoms with E-state index in [1.807, 2.05) is 73.8 Å². The van der Waals surface area contributed by atoms with Crippen molar-refractivity contribution in [3.05, 3.63) is 89.0 Å². The highest BCUT2D eigenvalue weighted by molar-refractivity contribution is 7.98. The Kier molecular flexibility index (Phi) is 13.8. The zero-order valence-corrected chi connectivity index (χ0v) is 27.6. The number of carboxylic acids is 1. The number of benzene rings is 3. The van der Waals surface area contributed by atoms with Crippen molar-refractivity contribution in [1.29, 1.82) is 0 Å². The van der Waals surface area contributed by atoms with E-state index in [4.69, 9.17) is 14.2 Å². The number of aliphatic carboxylic acids is 1. The summed E-state index contributed by atoms with van der Waals surface area (Å²) in [6.45, 7) is 3.37. The molecule has 1 amide bonds.